The van der Waals surface area contributed by atoms with Crippen LogP contribution in [-0.2, 0) is 0 Å². The number of nitrogens with one attached hydrogen (secondary N) is 1. The van der Waals surface area contributed by atoms with E-state index in [2.05, 4.69) is 21.4 Å². The summed E-state index contributed by atoms with van der Waals surface area (Å²) in [5, 5.41) is 0.938. The molecule has 0 spiro atoms. The monoisotopic (exact) mass is 348 g/mol. The number of hydrogen-bond donors (Lipinski definition) is 2. The number of rotatable bonds is 3. The van der Waals surface area contributed by atoms with Crippen molar-refractivity contribution in [1.29, 1.82) is 0 Å². The molecule has 0 aliphatic heterocycles. The van der Waals surface area contributed by atoms with Crippen molar-refractivity contribution < 1.29 is 8.81 Å². The number of hydrogen-bond acceptors (Lipinski definition) is 3. The van der Waals surface area contributed by atoms with E-state index in [4.69, 9.17) is 10.3 Å². The number of halogens is 2. The maximum atomic E-state index is 14.1. The Bertz CT molecular complexity index is 800. The van der Waals surface area contributed by atoms with E-state index >= 15 is 0 Å². The van der Waals surface area contributed by atoms with E-state index in [1.807, 2.05) is 31.2 Å². The highest BCUT2D eigenvalue weighted by atomic mass is 79.9. The minimum Gasteiger partial charge on any atom is -0.458 e. The molecule has 0 fully saturated rings. The van der Waals surface area contributed by atoms with Crippen molar-refractivity contribution in [2.45, 2.75) is 13.0 Å². The first-order chi connectivity index (χ1) is 10.1. The largest absolute Gasteiger partial charge is 0.458 e. The highest BCUT2D eigenvalue weighted by Gasteiger charge is 2.21. The van der Waals surface area contributed by atoms with Crippen LogP contribution in [0.5, 0.6) is 0 Å². The van der Waals surface area contributed by atoms with Crippen LogP contribution in [0.25, 0.3) is 11.0 Å². The third kappa shape index (κ3) is 2.60. The number of nitrogens with two attached hydrogens (primary N) is 1. The quantitative estimate of drug-likeness (QED) is 0.551. The zero-order valence-corrected chi connectivity index (χ0v) is 12.9. The van der Waals surface area contributed by atoms with Crippen LogP contribution in [0.15, 0.2) is 51.4 Å². The molecule has 1 atom stereocenters. The van der Waals surface area contributed by atoms with Crippen LogP contribution < -0.4 is 11.3 Å². The van der Waals surface area contributed by atoms with Gasteiger partial charge in [-0.05, 0) is 41.1 Å². The first-order valence-corrected chi connectivity index (χ1v) is 7.29. The van der Waals surface area contributed by atoms with Gasteiger partial charge in [0.05, 0.1) is 4.47 Å². The summed E-state index contributed by atoms with van der Waals surface area (Å²) in [5.41, 5.74) is 4.78. The SMILES string of the molecule is Cc1ccc(F)c(C(NN)c2cc3cccc(Br)c3o2)c1. The van der Waals surface area contributed by atoms with E-state index in [9.17, 15) is 4.39 Å². The topological polar surface area (TPSA) is 51.2 Å². The van der Waals surface area contributed by atoms with Gasteiger partial charge in [-0.3, -0.25) is 5.84 Å². The van der Waals surface area contributed by atoms with Gasteiger partial charge in [0, 0.05) is 10.9 Å². The van der Waals surface area contributed by atoms with E-state index in [1.165, 1.54) is 6.07 Å². The molecule has 3 rings (SSSR count). The molecule has 0 saturated carbocycles. The fourth-order valence-electron chi connectivity index (χ4n) is 2.40. The second-order valence-corrected chi connectivity index (χ2v) is 5.79. The average molecular weight is 349 g/mol. The number of aryl methyl sites for hydroxylation is 1. The zero-order valence-electron chi connectivity index (χ0n) is 11.4. The Hall–Kier alpha value is -1.69. The molecule has 3 aromatic rings. The molecular formula is C16H14BrFN2O. The number of benzene rings is 2. The predicted molar refractivity (Wildman–Crippen MR) is 84.2 cm³/mol. The standard InChI is InChI=1S/C16H14BrFN2O/c1-9-5-6-13(18)11(7-9)15(20-19)14-8-10-3-2-4-12(17)16(10)21-14/h2-8,15,20H,19H2,1H3. The van der Waals surface area contributed by atoms with Crippen LogP contribution in [0.1, 0.15) is 22.9 Å². The van der Waals surface area contributed by atoms with Crippen molar-refractivity contribution in [1.82, 2.24) is 5.43 Å². The molecule has 1 aromatic heterocycles. The van der Waals surface area contributed by atoms with Gasteiger partial charge >= 0.3 is 0 Å². The molecule has 108 valence electrons. The highest BCUT2D eigenvalue weighted by Crippen LogP contribution is 2.32. The minimum absolute atomic E-state index is 0.317. The zero-order chi connectivity index (χ0) is 15.0. The number of furan rings is 1. The Morgan fingerprint density at radius 3 is 2.76 bits per heavy atom. The van der Waals surface area contributed by atoms with Gasteiger partial charge in [-0.2, -0.15) is 0 Å². The van der Waals surface area contributed by atoms with Crippen LogP contribution >= 0.6 is 15.9 Å². The maximum absolute atomic E-state index is 14.1. The van der Waals surface area contributed by atoms with E-state index in [-0.39, 0.29) is 5.82 Å². The number of fused-ring (bicyclic) bond motifs is 1. The third-order valence-corrected chi connectivity index (χ3v) is 4.05. The molecule has 3 N–H and O–H groups in total. The Labute approximate surface area is 130 Å². The number of para-hydroxylation sites is 1. The van der Waals surface area contributed by atoms with Crippen molar-refractivity contribution in [2.24, 2.45) is 5.84 Å². The summed E-state index contributed by atoms with van der Waals surface area (Å²) in [7, 11) is 0. The van der Waals surface area contributed by atoms with Crippen LogP contribution in [-0.4, -0.2) is 0 Å². The third-order valence-electron chi connectivity index (χ3n) is 3.43. The summed E-state index contributed by atoms with van der Waals surface area (Å²) >= 11 is 3.44. The van der Waals surface area contributed by atoms with Crippen molar-refractivity contribution in [3.05, 3.63) is 69.6 Å². The molecule has 0 saturated heterocycles. The molecule has 0 aliphatic carbocycles. The highest BCUT2D eigenvalue weighted by molar-refractivity contribution is 9.10. The van der Waals surface area contributed by atoms with Gasteiger partial charge in [0.25, 0.3) is 0 Å². The molecular weight excluding hydrogens is 335 g/mol. The van der Waals surface area contributed by atoms with Gasteiger partial charge in [-0.25, -0.2) is 9.82 Å². The van der Waals surface area contributed by atoms with E-state index in [1.54, 1.807) is 12.1 Å². The first-order valence-electron chi connectivity index (χ1n) is 6.50. The second kappa shape index (κ2) is 5.60. The van der Waals surface area contributed by atoms with Crippen molar-refractivity contribution in [2.75, 3.05) is 0 Å². The van der Waals surface area contributed by atoms with Gasteiger partial charge in [-0.15, -0.1) is 0 Å². The van der Waals surface area contributed by atoms with Crippen molar-refractivity contribution in [3.8, 4) is 0 Å². The van der Waals surface area contributed by atoms with Crippen LogP contribution in [0, 0.1) is 12.7 Å². The van der Waals surface area contributed by atoms with Crippen LogP contribution in [0.2, 0.25) is 0 Å². The van der Waals surface area contributed by atoms with Crippen molar-refractivity contribution in [3.63, 3.8) is 0 Å². The molecule has 3 nitrogen and oxygen atoms in total. The lowest BCUT2D eigenvalue weighted by Crippen LogP contribution is -2.29. The van der Waals surface area contributed by atoms with Crippen molar-refractivity contribution >= 4 is 26.9 Å². The minimum atomic E-state index is -0.538. The Morgan fingerprint density at radius 1 is 1.24 bits per heavy atom. The lowest BCUT2D eigenvalue weighted by atomic mass is 10.0. The molecule has 1 unspecified atom stereocenters. The summed E-state index contributed by atoms with van der Waals surface area (Å²) in [4.78, 5) is 0. The summed E-state index contributed by atoms with van der Waals surface area (Å²) in [5.74, 6) is 5.88. The fourth-order valence-corrected chi connectivity index (χ4v) is 2.86. The second-order valence-electron chi connectivity index (χ2n) is 4.93. The molecule has 0 aliphatic rings. The Morgan fingerprint density at radius 2 is 2.05 bits per heavy atom. The molecule has 21 heavy (non-hydrogen) atoms. The fraction of sp³-hybridized carbons (Fsp3) is 0.125. The Balaban J connectivity index is 2.13. The molecule has 0 radical (unpaired) electrons. The number of hydrazine groups is 1. The summed E-state index contributed by atoms with van der Waals surface area (Å²) < 4.78 is 20.8. The lowest BCUT2D eigenvalue weighted by Gasteiger charge is -2.15. The molecule has 1 heterocycles. The van der Waals surface area contributed by atoms with Gasteiger partial charge in [-0.1, -0.05) is 29.8 Å². The molecule has 5 heteroatoms. The maximum Gasteiger partial charge on any atom is 0.148 e. The van der Waals surface area contributed by atoms with E-state index < -0.39 is 6.04 Å². The van der Waals surface area contributed by atoms with Gasteiger partial charge in [0.2, 0.25) is 0 Å². The van der Waals surface area contributed by atoms with Gasteiger partial charge in [0.1, 0.15) is 23.2 Å². The smallest absolute Gasteiger partial charge is 0.148 e. The van der Waals surface area contributed by atoms with E-state index in [0.29, 0.717) is 11.3 Å². The summed E-state index contributed by atoms with van der Waals surface area (Å²) in [6.45, 7) is 1.91. The van der Waals surface area contributed by atoms with Crippen LogP contribution in [0.3, 0.4) is 0 Å². The van der Waals surface area contributed by atoms with Gasteiger partial charge in [0.15, 0.2) is 0 Å². The van der Waals surface area contributed by atoms with Gasteiger partial charge < -0.3 is 4.42 Å². The lowest BCUT2D eigenvalue weighted by molar-refractivity contribution is 0.462. The molecule has 0 bridgehead atoms. The van der Waals surface area contributed by atoms with Crippen LogP contribution in [0.4, 0.5) is 4.39 Å². The Kier molecular flexibility index (Phi) is 3.80. The van der Waals surface area contributed by atoms with E-state index in [0.717, 1.165) is 21.0 Å². The predicted octanol–water partition coefficient (Wildman–Crippen LogP) is 4.20. The summed E-state index contributed by atoms with van der Waals surface area (Å²) in [6, 6.07) is 12.0. The molecule has 2 aromatic carbocycles. The molecule has 0 amide bonds. The normalized spacial score (nSPS) is 12.8. The average Bonchev–Trinajstić information content (AvgIpc) is 2.89. The summed E-state index contributed by atoms with van der Waals surface area (Å²) in [6.07, 6.45) is 0. The first kappa shape index (κ1) is 14.3.